The molecule has 2 heteroatoms. The Bertz CT molecular complexity index is 238. The standard InChI is InChI=1S/C14H26N2/c1-5-6-13(16-15)11-7-9-12(10-8-11)14(2,3)4/h1,11-13,16H,6-10,15H2,2-4H3. The zero-order chi connectivity index (χ0) is 12.2. The quantitative estimate of drug-likeness (QED) is 0.438. The number of hydrogen-bond acceptors (Lipinski definition) is 2. The smallest absolute Gasteiger partial charge is 0.0348 e. The van der Waals surface area contributed by atoms with Gasteiger partial charge in [-0.1, -0.05) is 20.8 Å². The van der Waals surface area contributed by atoms with Crippen LogP contribution in [-0.4, -0.2) is 6.04 Å². The van der Waals surface area contributed by atoms with Gasteiger partial charge in [-0.2, -0.15) is 0 Å². The number of hydrogen-bond donors (Lipinski definition) is 2. The van der Waals surface area contributed by atoms with Gasteiger partial charge in [0.1, 0.15) is 0 Å². The number of terminal acetylenes is 1. The van der Waals surface area contributed by atoms with E-state index in [-0.39, 0.29) is 0 Å². The minimum absolute atomic E-state index is 0.311. The summed E-state index contributed by atoms with van der Waals surface area (Å²) in [6.07, 6.45) is 11.3. The Morgan fingerprint density at radius 3 is 2.25 bits per heavy atom. The van der Waals surface area contributed by atoms with Gasteiger partial charge in [0.25, 0.3) is 0 Å². The van der Waals surface area contributed by atoms with Crippen LogP contribution in [0.3, 0.4) is 0 Å². The number of nitrogens with two attached hydrogens (primary N) is 1. The predicted octanol–water partition coefficient (Wildman–Crippen LogP) is 2.69. The largest absolute Gasteiger partial charge is 0.271 e. The van der Waals surface area contributed by atoms with Crippen LogP contribution < -0.4 is 11.3 Å². The van der Waals surface area contributed by atoms with Crippen molar-refractivity contribution >= 4 is 0 Å². The minimum atomic E-state index is 0.311. The maximum Gasteiger partial charge on any atom is 0.0348 e. The second-order valence-corrected chi connectivity index (χ2v) is 6.16. The molecule has 0 heterocycles. The highest BCUT2D eigenvalue weighted by Crippen LogP contribution is 2.40. The lowest BCUT2D eigenvalue weighted by Crippen LogP contribution is -2.42. The lowest BCUT2D eigenvalue weighted by Gasteiger charge is -2.39. The fraction of sp³-hybridized carbons (Fsp3) is 0.857. The first kappa shape index (κ1) is 13.5. The van der Waals surface area contributed by atoms with Gasteiger partial charge >= 0.3 is 0 Å². The van der Waals surface area contributed by atoms with E-state index in [0.29, 0.717) is 17.4 Å². The summed E-state index contributed by atoms with van der Waals surface area (Å²) < 4.78 is 0. The SMILES string of the molecule is C#CCC(NN)C1CCC(C(C)(C)C)CC1. The minimum Gasteiger partial charge on any atom is -0.271 e. The predicted molar refractivity (Wildman–Crippen MR) is 69.5 cm³/mol. The number of hydrazine groups is 1. The lowest BCUT2D eigenvalue weighted by atomic mass is 9.68. The Kier molecular flexibility index (Phi) is 4.83. The van der Waals surface area contributed by atoms with E-state index in [1.54, 1.807) is 0 Å². The summed E-state index contributed by atoms with van der Waals surface area (Å²) in [6.45, 7) is 7.04. The highest BCUT2D eigenvalue weighted by molar-refractivity contribution is 4.93. The van der Waals surface area contributed by atoms with E-state index in [1.165, 1.54) is 25.7 Å². The molecule has 92 valence electrons. The van der Waals surface area contributed by atoms with Crippen LogP contribution in [-0.2, 0) is 0 Å². The average Bonchev–Trinajstić information content (AvgIpc) is 2.25. The van der Waals surface area contributed by atoms with Crippen LogP contribution in [0.4, 0.5) is 0 Å². The van der Waals surface area contributed by atoms with Gasteiger partial charge in [-0.05, 0) is 42.9 Å². The molecule has 0 aromatic carbocycles. The van der Waals surface area contributed by atoms with Gasteiger partial charge in [-0.15, -0.1) is 12.3 Å². The van der Waals surface area contributed by atoms with Crippen molar-refractivity contribution in [1.29, 1.82) is 0 Å². The summed E-state index contributed by atoms with van der Waals surface area (Å²) in [5.41, 5.74) is 3.33. The van der Waals surface area contributed by atoms with E-state index in [9.17, 15) is 0 Å². The van der Waals surface area contributed by atoms with E-state index >= 15 is 0 Å². The maximum atomic E-state index is 5.56. The van der Waals surface area contributed by atoms with Crippen LogP contribution >= 0.6 is 0 Å². The second-order valence-electron chi connectivity index (χ2n) is 6.16. The molecule has 0 radical (unpaired) electrons. The van der Waals surface area contributed by atoms with E-state index in [4.69, 9.17) is 12.3 Å². The Morgan fingerprint density at radius 2 is 1.88 bits per heavy atom. The molecule has 3 N–H and O–H groups in total. The Balaban J connectivity index is 2.45. The molecule has 1 saturated carbocycles. The third-order valence-electron chi connectivity index (χ3n) is 4.12. The Labute approximate surface area is 100 Å². The third-order valence-corrected chi connectivity index (χ3v) is 4.12. The van der Waals surface area contributed by atoms with Crippen molar-refractivity contribution in [3.05, 3.63) is 0 Å². The highest BCUT2D eigenvalue weighted by atomic mass is 15.2. The summed E-state index contributed by atoms with van der Waals surface area (Å²) in [7, 11) is 0. The molecule has 0 amide bonds. The number of rotatable bonds is 3. The molecule has 1 aliphatic rings. The third kappa shape index (κ3) is 3.50. The molecule has 1 rings (SSSR count). The van der Waals surface area contributed by atoms with Crippen LogP contribution in [0.5, 0.6) is 0 Å². The zero-order valence-corrected chi connectivity index (χ0v) is 10.9. The summed E-state index contributed by atoms with van der Waals surface area (Å²) in [6, 6.07) is 0.311. The first-order valence-electron chi connectivity index (χ1n) is 6.38. The summed E-state index contributed by atoms with van der Waals surface area (Å²) in [5.74, 6) is 9.80. The topological polar surface area (TPSA) is 38.0 Å². The molecular weight excluding hydrogens is 196 g/mol. The van der Waals surface area contributed by atoms with E-state index in [0.717, 1.165) is 12.3 Å². The van der Waals surface area contributed by atoms with Crippen LogP contribution in [0, 0.1) is 29.6 Å². The molecular formula is C14H26N2. The van der Waals surface area contributed by atoms with Gasteiger partial charge in [0, 0.05) is 12.5 Å². The van der Waals surface area contributed by atoms with Crippen LogP contribution in [0.15, 0.2) is 0 Å². The summed E-state index contributed by atoms with van der Waals surface area (Å²) in [5, 5.41) is 0. The average molecular weight is 222 g/mol. The summed E-state index contributed by atoms with van der Waals surface area (Å²) in [4.78, 5) is 0. The van der Waals surface area contributed by atoms with Crippen molar-refractivity contribution in [2.45, 2.75) is 58.9 Å². The fourth-order valence-electron chi connectivity index (χ4n) is 2.88. The molecule has 0 aliphatic heterocycles. The van der Waals surface area contributed by atoms with Gasteiger partial charge in [0.2, 0.25) is 0 Å². The molecule has 16 heavy (non-hydrogen) atoms. The molecule has 0 saturated heterocycles. The van der Waals surface area contributed by atoms with Gasteiger partial charge in [0.15, 0.2) is 0 Å². The normalized spacial score (nSPS) is 28.4. The van der Waals surface area contributed by atoms with Gasteiger partial charge in [0.05, 0.1) is 0 Å². The van der Waals surface area contributed by atoms with Gasteiger partial charge < -0.3 is 0 Å². The first-order chi connectivity index (χ1) is 7.49. The van der Waals surface area contributed by atoms with Crippen LogP contribution in [0.1, 0.15) is 52.9 Å². The summed E-state index contributed by atoms with van der Waals surface area (Å²) >= 11 is 0. The van der Waals surface area contributed by atoms with Crippen LogP contribution in [0.25, 0.3) is 0 Å². The van der Waals surface area contributed by atoms with Crippen molar-refractivity contribution in [2.24, 2.45) is 23.1 Å². The number of nitrogens with one attached hydrogen (secondary N) is 1. The molecule has 1 atom stereocenters. The van der Waals surface area contributed by atoms with Crippen molar-refractivity contribution in [3.8, 4) is 12.3 Å². The van der Waals surface area contributed by atoms with Crippen molar-refractivity contribution in [3.63, 3.8) is 0 Å². The molecule has 0 spiro atoms. The van der Waals surface area contributed by atoms with Gasteiger partial charge in [-0.3, -0.25) is 11.3 Å². The fourth-order valence-corrected chi connectivity index (χ4v) is 2.88. The molecule has 2 nitrogen and oxygen atoms in total. The van der Waals surface area contributed by atoms with Crippen molar-refractivity contribution in [2.75, 3.05) is 0 Å². The molecule has 1 unspecified atom stereocenters. The van der Waals surface area contributed by atoms with E-state index in [2.05, 4.69) is 32.1 Å². The first-order valence-corrected chi connectivity index (χ1v) is 6.38. The Hall–Kier alpha value is -0.520. The molecule has 0 aromatic rings. The van der Waals surface area contributed by atoms with Crippen LogP contribution in [0.2, 0.25) is 0 Å². The van der Waals surface area contributed by atoms with Gasteiger partial charge in [-0.25, -0.2) is 0 Å². The molecule has 1 fully saturated rings. The molecule has 1 aliphatic carbocycles. The van der Waals surface area contributed by atoms with Crippen molar-refractivity contribution < 1.29 is 0 Å². The van der Waals surface area contributed by atoms with E-state index in [1.807, 2.05) is 0 Å². The molecule has 0 bridgehead atoms. The van der Waals surface area contributed by atoms with E-state index < -0.39 is 0 Å². The van der Waals surface area contributed by atoms with Crippen molar-refractivity contribution in [1.82, 2.24) is 5.43 Å². The zero-order valence-electron chi connectivity index (χ0n) is 10.9. The lowest BCUT2D eigenvalue weighted by molar-refractivity contribution is 0.133. The second kappa shape index (κ2) is 5.70. The molecule has 0 aromatic heterocycles. The Morgan fingerprint density at radius 1 is 1.31 bits per heavy atom. The monoisotopic (exact) mass is 222 g/mol. The highest BCUT2D eigenvalue weighted by Gasteiger charge is 2.32. The maximum absolute atomic E-state index is 5.56.